The Labute approximate surface area is 498 Å². The van der Waals surface area contributed by atoms with Gasteiger partial charge in [-0.2, -0.15) is 0 Å². The fraction of sp³-hybridized carbons (Fsp3) is 0.766. The van der Waals surface area contributed by atoms with E-state index in [0.717, 1.165) is 10.5 Å². The molecule has 4 rings (SSSR count). The van der Waals surface area contributed by atoms with Gasteiger partial charge in [0.1, 0.15) is 48.3 Å². The largest absolute Gasteiger partial charge is 0.464 e. The Balaban J connectivity index is 1.60. The van der Waals surface area contributed by atoms with Crippen molar-refractivity contribution >= 4 is 41.2 Å². The third-order valence-electron chi connectivity index (χ3n) is 17.5. The molecule has 0 aromatic carbocycles. The van der Waals surface area contributed by atoms with Crippen LogP contribution in [0.15, 0.2) is 47.6 Å². The van der Waals surface area contributed by atoms with E-state index in [2.05, 4.69) is 0 Å². The maximum Gasteiger partial charge on any atom is 0.329 e. The number of hydrogen-bond acceptors (Lipinski definition) is 19. The van der Waals surface area contributed by atoms with Crippen molar-refractivity contribution in [2.24, 2.45) is 40.9 Å². The lowest BCUT2D eigenvalue weighted by molar-refractivity contribution is -0.265. The van der Waals surface area contributed by atoms with E-state index >= 15 is 0 Å². The number of piperidine rings is 1. The van der Waals surface area contributed by atoms with E-state index in [9.17, 15) is 48.9 Å². The number of cyclic esters (lactones) is 1. The van der Waals surface area contributed by atoms with E-state index in [1.807, 2.05) is 51.2 Å². The minimum Gasteiger partial charge on any atom is -0.464 e. The van der Waals surface area contributed by atoms with Crippen molar-refractivity contribution in [2.45, 2.75) is 206 Å². The standard InChI is InChI=1S/C64H101NO19/c1-40-20-14-13-15-21-41(2)52(77-10)36-48-26-24-46(7)64(75,84-48)59(71)60(72)65-28-18-16-22-49(65)61(73)82-53(37-50(67)42(3)33-45(6)57(70)58(79-12)56(69)44(5)32-40)43(4)34-47-25-27-51(54(35-47)78-11)83-62(74)63(8,38-66)39-81-55(68)23-17-19-29-80-31-30-76-9/h13-15,20-21,33,40,42-44,46-49,51-54,57-58,66,70,75H,16-19,22-32,34-39H2,1-12H3/b15-13+,20-14+,41-21+,45-33+/t40-,42-,43-,44-,46-,47+,48+,49+,51-,52+,53+,54-,57-,58+,63?,64-/m1/s1. The second-order valence-corrected chi connectivity index (χ2v) is 24.4. The zero-order valence-electron chi connectivity index (χ0n) is 52.2. The summed E-state index contributed by atoms with van der Waals surface area (Å²) >= 11 is 0. The van der Waals surface area contributed by atoms with Crippen LogP contribution in [0.1, 0.15) is 152 Å². The average molecular weight is 1190 g/mol. The first kappa shape index (κ1) is 72.0. The van der Waals surface area contributed by atoms with E-state index in [4.69, 9.17) is 42.6 Å². The lowest BCUT2D eigenvalue weighted by atomic mass is 9.78. The van der Waals surface area contributed by atoms with Gasteiger partial charge in [-0.25, -0.2) is 4.79 Å². The third-order valence-corrected chi connectivity index (χ3v) is 17.5. The van der Waals surface area contributed by atoms with Gasteiger partial charge in [-0.15, -0.1) is 0 Å². The summed E-state index contributed by atoms with van der Waals surface area (Å²) in [7, 11) is 6.01. The first-order valence-corrected chi connectivity index (χ1v) is 30.4. The lowest BCUT2D eigenvalue weighted by Gasteiger charge is -2.42. The molecule has 1 amide bonds. The van der Waals surface area contributed by atoms with Gasteiger partial charge >= 0.3 is 17.9 Å². The van der Waals surface area contributed by atoms with Crippen LogP contribution in [0, 0.1) is 40.9 Å². The van der Waals surface area contributed by atoms with Crippen LogP contribution in [0.3, 0.4) is 0 Å². The van der Waals surface area contributed by atoms with Gasteiger partial charge in [0.05, 0.1) is 38.1 Å². The number of ketones is 3. The zero-order valence-corrected chi connectivity index (χ0v) is 52.2. The van der Waals surface area contributed by atoms with E-state index in [1.165, 1.54) is 21.1 Å². The molecule has 84 heavy (non-hydrogen) atoms. The van der Waals surface area contributed by atoms with Crippen molar-refractivity contribution in [3.05, 3.63) is 47.6 Å². The summed E-state index contributed by atoms with van der Waals surface area (Å²) < 4.78 is 51.7. The molecule has 2 saturated heterocycles. The second-order valence-electron chi connectivity index (χ2n) is 24.4. The predicted molar refractivity (Wildman–Crippen MR) is 312 cm³/mol. The molecular weight excluding hydrogens is 1090 g/mol. The van der Waals surface area contributed by atoms with Gasteiger partial charge in [0, 0.05) is 78.6 Å². The molecule has 0 aromatic heterocycles. The molecule has 3 heterocycles. The molecule has 1 aliphatic carbocycles. The van der Waals surface area contributed by atoms with Crippen molar-refractivity contribution in [2.75, 3.05) is 68.0 Å². The van der Waals surface area contributed by atoms with Crippen LogP contribution < -0.4 is 0 Å². The predicted octanol–water partition coefficient (Wildman–Crippen LogP) is 7.11. The molecule has 3 N–H and O–H groups in total. The average Bonchev–Trinajstić information content (AvgIpc) is 2.77. The van der Waals surface area contributed by atoms with Crippen molar-refractivity contribution in [3.63, 3.8) is 0 Å². The monoisotopic (exact) mass is 1190 g/mol. The van der Waals surface area contributed by atoms with Crippen LogP contribution in [0.25, 0.3) is 0 Å². The maximum absolute atomic E-state index is 14.7. The summed E-state index contributed by atoms with van der Waals surface area (Å²) in [5.41, 5.74) is -0.351. The minimum absolute atomic E-state index is 0.0185. The van der Waals surface area contributed by atoms with Crippen LogP contribution in [-0.4, -0.2) is 184 Å². The van der Waals surface area contributed by atoms with Crippen LogP contribution in [0.4, 0.5) is 0 Å². The van der Waals surface area contributed by atoms with Crippen LogP contribution in [-0.2, 0) is 76.2 Å². The normalized spacial score (nSPS) is 34.6. The molecule has 20 heteroatoms. The quantitative estimate of drug-likeness (QED) is 0.0382. The van der Waals surface area contributed by atoms with Gasteiger partial charge in [0.15, 0.2) is 5.78 Å². The highest BCUT2D eigenvalue weighted by molar-refractivity contribution is 6.39. The molecule has 0 aromatic rings. The molecule has 2 bridgehead atoms. The Kier molecular flexibility index (Phi) is 30.3. The van der Waals surface area contributed by atoms with E-state index < -0.39 is 120 Å². The summed E-state index contributed by atoms with van der Waals surface area (Å²) in [5.74, 6) is -10.1. The molecule has 476 valence electrons. The number of fused-ring (bicyclic) bond motifs is 3. The van der Waals surface area contributed by atoms with Crippen LogP contribution >= 0.6 is 0 Å². The van der Waals surface area contributed by atoms with Gasteiger partial charge < -0.3 is 62.9 Å². The molecule has 0 radical (unpaired) electrons. The van der Waals surface area contributed by atoms with E-state index in [0.29, 0.717) is 96.0 Å². The Morgan fingerprint density at radius 3 is 2.26 bits per heavy atom. The van der Waals surface area contributed by atoms with Gasteiger partial charge in [-0.1, -0.05) is 71.1 Å². The molecule has 1 saturated carbocycles. The topological polar surface area (TPSA) is 266 Å². The van der Waals surface area contributed by atoms with Crippen molar-refractivity contribution in [1.29, 1.82) is 0 Å². The number of aliphatic hydroxyl groups is 3. The smallest absolute Gasteiger partial charge is 0.329 e. The number of allylic oxidation sites excluding steroid dienone is 6. The summed E-state index contributed by atoms with van der Waals surface area (Å²) in [5, 5.41) is 34.0. The minimum atomic E-state index is -2.49. The Morgan fingerprint density at radius 1 is 0.845 bits per heavy atom. The number of ether oxygens (including phenoxy) is 9. The number of esters is 3. The maximum atomic E-state index is 14.7. The molecule has 0 spiro atoms. The Hall–Kier alpha value is -4.51. The molecule has 20 nitrogen and oxygen atoms in total. The van der Waals surface area contributed by atoms with Crippen molar-refractivity contribution < 1.29 is 91.5 Å². The third kappa shape index (κ3) is 20.8. The molecule has 4 aliphatic rings. The van der Waals surface area contributed by atoms with Crippen molar-refractivity contribution in [1.82, 2.24) is 4.90 Å². The highest BCUT2D eigenvalue weighted by Gasteiger charge is 2.53. The van der Waals surface area contributed by atoms with Gasteiger partial charge in [-0.3, -0.25) is 28.8 Å². The number of hydrogen-bond donors (Lipinski definition) is 3. The number of Topliss-reactive ketones (excluding diaryl/α,β-unsaturated/α-hetero) is 3. The highest BCUT2D eigenvalue weighted by atomic mass is 16.6. The Morgan fingerprint density at radius 2 is 1.58 bits per heavy atom. The number of methoxy groups -OCH3 is 4. The number of carbonyl (C=O) groups is 7. The summed E-state index contributed by atoms with van der Waals surface area (Å²) in [6, 6.07) is -1.22. The second kappa shape index (κ2) is 35.3. The zero-order chi connectivity index (χ0) is 62.3. The molecule has 3 fully saturated rings. The molecule has 3 aliphatic heterocycles. The number of unbranched alkanes of at least 4 members (excludes halogenated alkanes) is 1. The summed E-state index contributed by atoms with van der Waals surface area (Å²) in [4.78, 5) is 99.2. The molecule has 16 atom stereocenters. The van der Waals surface area contributed by atoms with E-state index in [-0.39, 0.29) is 62.2 Å². The van der Waals surface area contributed by atoms with Gasteiger partial charge in [0.25, 0.3) is 11.7 Å². The first-order chi connectivity index (χ1) is 39.9. The fourth-order valence-electron chi connectivity index (χ4n) is 11.7. The van der Waals surface area contributed by atoms with Gasteiger partial charge in [0.2, 0.25) is 5.79 Å². The van der Waals surface area contributed by atoms with E-state index in [1.54, 1.807) is 48.0 Å². The number of aliphatic hydroxyl groups excluding tert-OH is 2. The fourth-order valence-corrected chi connectivity index (χ4v) is 11.7. The van der Waals surface area contributed by atoms with Crippen LogP contribution in [0.5, 0.6) is 0 Å². The summed E-state index contributed by atoms with van der Waals surface area (Å²) in [6.07, 6.45) is 10.5. The number of amides is 1. The first-order valence-electron chi connectivity index (χ1n) is 30.4. The van der Waals surface area contributed by atoms with Crippen molar-refractivity contribution in [3.8, 4) is 0 Å². The molecular formula is C64H101NO19. The summed E-state index contributed by atoms with van der Waals surface area (Å²) in [6.45, 7) is 14.3. The SMILES string of the molecule is COCCOCCCCC(=O)OCC(C)(CO)C(=O)O[C@@H]1CC[C@@H](C[C@@H](C)[C@@H]2CC(=O)[C@H](C)/C=C(\C)[C@@H](O)[C@@H](OC)C(=O)[C@H](C)C[C@H](C)/C=C/C=C/C=C(\C)[C@@H](OC)C[C@@H]3CC[C@@H](C)[C@@](O)(O3)C(=O)C(=O)N3CCCC[C@H]3C(=O)O2)C[C@H]1OC. The Bertz CT molecular complexity index is 2280. The van der Waals surface area contributed by atoms with Crippen LogP contribution in [0.2, 0.25) is 0 Å². The highest BCUT2D eigenvalue weighted by Crippen LogP contribution is 2.39. The number of carbonyl (C=O) groups excluding carboxylic acids is 7. The lowest BCUT2D eigenvalue weighted by Crippen LogP contribution is -2.61. The molecule has 1 unspecified atom stereocenters. The number of rotatable bonds is 19. The number of nitrogens with zero attached hydrogens (tertiary/aromatic N) is 1. The van der Waals surface area contributed by atoms with Gasteiger partial charge in [-0.05, 0) is 127 Å².